The van der Waals surface area contributed by atoms with Crippen LogP contribution in [0.15, 0.2) is 72.3 Å². The molecule has 3 aromatic rings. The minimum atomic E-state index is -0.855. The lowest BCUT2D eigenvalue weighted by molar-refractivity contribution is -0.140. The number of rotatable bonds is 9. The van der Waals surface area contributed by atoms with Crippen LogP contribution in [0.1, 0.15) is 43.0 Å². The summed E-state index contributed by atoms with van der Waals surface area (Å²) in [7, 11) is 1.55. The van der Waals surface area contributed by atoms with Gasteiger partial charge in [0.2, 0.25) is 0 Å². The van der Waals surface area contributed by atoms with Crippen LogP contribution in [0.3, 0.4) is 0 Å². The number of benzene rings is 3. The standard InChI is InChI=1S/C32H33NO7/c1-20(2)13-14-38-24-11-9-22(17-26(24)37-3)29-28(30(34)23-10-12-25-27(18-23)40-16-15-39-25)31(35)32(36)33(29)19-21-7-5-4-6-8-21/h4-12,17-18,20,29,34H,13-16,19H2,1-3H3/b30-28+. The number of carbonyl (C=O) groups is 2. The molecule has 8 heteroatoms. The SMILES string of the molecule is COc1cc(C2/C(=C(\O)c3ccc4c(c3)OCCO4)C(=O)C(=O)N2Cc2ccccc2)ccc1OCCC(C)C. The van der Waals surface area contributed by atoms with Gasteiger partial charge in [-0.25, -0.2) is 0 Å². The Morgan fingerprint density at radius 3 is 2.45 bits per heavy atom. The maximum atomic E-state index is 13.5. The molecule has 8 nitrogen and oxygen atoms in total. The van der Waals surface area contributed by atoms with E-state index in [-0.39, 0.29) is 17.9 Å². The van der Waals surface area contributed by atoms with Gasteiger partial charge in [0.15, 0.2) is 23.0 Å². The fourth-order valence-electron chi connectivity index (χ4n) is 4.89. The second kappa shape index (κ2) is 11.7. The molecule has 40 heavy (non-hydrogen) atoms. The van der Waals surface area contributed by atoms with Crippen molar-refractivity contribution < 1.29 is 33.6 Å². The van der Waals surface area contributed by atoms with E-state index in [1.54, 1.807) is 43.5 Å². The van der Waals surface area contributed by atoms with Gasteiger partial charge < -0.3 is 29.0 Å². The molecule has 0 spiro atoms. The van der Waals surface area contributed by atoms with Crippen LogP contribution in [0.5, 0.6) is 23.0 Å². The fourth-order valence-corrected chi connectivity index (χ4v) is 4.89. The summed E-state index contributed by atoms with van der Waals surface area (Å²) in [4.78, 5) is 28.4. The predicted octanol–water partition coefficient (Wildman–Crippen LogP) is 5.51. The number of nitrogens with zero attached hydrogens (tertiary/aromatic N) is 1. The van der Waals surface area contributed by atoms with Crippen LogP contribution < -0.4 is 18.9 Å². The lowest BCUT2D eigenvalue weighted by Crippen LogP contribution is -2.29. The Kier molecular flexibility index (Phi) is 7.96. The zero-order chi connectivity index (χ0) is 28.2. The number of hydrogen-bond acceptors (Lipinski definition) is 7. The molecule has 0 aliphatic carbocycles. The summed E-state index contributed by atoms with van der Waals surface area (Å²) in [5.41, 5.74) is 1.82. The van der Waals surface area contributed by atoms with E-state index in [0.29, 0.717) is 59.9 Å². The first-order valence-electron chi connectivity index (χ1n) is 13.4. The van der Waals surface area contributed by atoms with Gasteiger partial charge in [0.25, 0.3) is 11.7 Å². The van der Waals surface area contributed by atoms with Gasteiger partial charge in [-0.1, -0.05) is 50.2 Å². The summed E-state index contributed by atoms with van der Waals surface area (Å²) < 4.78 is 22.9. The molecule has 2 heterocycles. The number of aliphatic hydroxyl groups excluding tert-OH is 1. The molecule has 0 saturated carbocycles. The lowest BCUT2D eigenvalue weighted by atomic mass is 9.94. The van der Waals surface area contributed by atoms with Crippen molar-refractivity contribution in [2.75, 3.05) is 26.9 Å². The molecule has 0 bridgehead atoms. The molecule has 208 valence electrons. The summed E-state index contributed by atoms with van der Waals surface area (Å²) in [6.07, 6.45) is 0.887. The molecule has 1 saturated heterocycles. The van der Waals surface area contributed by atoms with E-state index >= 15 is 0 Å². The topological polar surface area (TPSA) is 94.5 Å². The summed E-state index contributed by atoms with van der Waals surface area (Å²) in [6, 6.07) is 18.9. The van der Waals surface area contributed by atoms with Crippen LogP contribution in [0.25, 0.3) is 5.76 Å². The van der Waals surface area contributed by atoms with Crippen LogP contribution in [-0.2, 0) is 16.1 Å². The zero-order valence-electron chi connectivity index (χ0n) is 22.9. The molecule has 0 aromatic heterocycles. The highest BCUT2D eigenvalue weighted by atomic mass is 16.6. The number of carbonyl (C=O) groups excluding carboxylic acids is 2. The van der Waals surface area contributed by atoms with Crippen molar-refractivity contribution in [1.82, 2.24) is 4.90 Å². The summed E-state index contributed by atoms with van der Waals surface area (Å²) >= 11 is 0. The van der Waals surface area contributed by atoms with Gasteiger partial charge in [-0.05, 0) is 53.8 Å². The minimum Gasteiger partial charge on any atom is -0.507 e. The number of hydrogen-bond donors (Lipinski definition) is 1. The van der Waals surface area contributed by atoms with Gasteiger partial charge >= 0.3 is 0 Å². The molecule has 1 amide bonds. The van der Waals surface area contributed by atoms with Gasteiger partial charge in [0.05, 0.1) is 25.3 Å². The fraction of sp³-hybridized carbons (Fsp3) is 0.312. The van der Waals surface area contributed by atoms with Crippen LogP contribution in [0.4, 0.5) is 0 Å². The highest BCUT2D eigenvalue weighted by Gasteiger charge is 2.46. The Labute approximate surface area is 233 Å². The largest absolute Gasteiger partial charge is 0.507 e. The van der Waals surface area contributed by atoms with E-state index in [9.17, 15) is 14.7 Å². The molecule has 1 atom stereocenters. The van der Waals surface area contributed by atoms with Gasteiger partial charge in [-0.2, -0.15) is 0 Å². The third-order valence-corrected chi connectivity index (χ3v) is 7.01. The van der Waals surface area contributed by atoms with E-state index in [1.807, 2.05) is 30.3 Å². The number of amides is 1. The summed E-state index contributed by atoms with van der Waals surface area (Å²) in [5.74, 6) is 0.825. The van der Waals surface area contributed by atoms with Crippen molar-refractivity contribution in [1.29, 1.82) is 0 Å². The average Bonchev–Trinajstić information content (AvgIpc) is 3.22. The van der Waals surface area contributed by atoms with Gasteiger partial charge in [0.1, 0.15) is 19.0 Å². The van der Waals surface area contributed by atoms with E-state index in [4.69, 9.17) is 18.9 Å². The number of Topliss-reactive ketones (excluding diaryl/α,β-unsaturated/α-hetero) is 1. The number of fused-ring (bicyclic) bond motifs is 1. The van der Waals surface area contributed by atoms with Crippen molar-refractivity contribution in [2.24, 2.45) is 5.92 Å². The molecule has 1 fully saturated rings. The molecule has 1 N–H and O–H groups in total. The lowest BCUT2D eigenvalue weighted by Gasteiger charge is -2.26. The molecule has 3 aromatic carbocycles. The van der Waals surface area contributed by atoms with E-state index < -0.39 is 17.7 Å². The van der Waals surface area contributed by atoms with Crippen molar-refractivity contribution >= 4 is 17.4 Å². The average molecular weight is 544 g/mol. The zero-order valence-corrected chi connectivity index (χ0v) is 22.9. The Morgan fingerprint density at radius 1 is 0.975 bits per heavy atom. The summed E-state index contributed by atoms with van der Waals surface area (Å²) in [5, 5.41) is 11.5. The quantitative estimate of drug-likeness (QED) is 0.216. The van der Waals surface area contributed by atoms with Crippen LogP contribution in [0.2, 0.25) is 0 Å². The first-order chi connectivity index (χ1) is 19.4. The smallest absolute Gasteiger partial charge is 0.295 e. The predicted molar refractivity (Wildman–Crippen MR) is 150 cm³/mol. The Bertz CT molecular complexity index is 1430. The molecule has 0 radical (unpaired) electrons. The molecule has 2 aliphatic rings. The van der Waals surface area contributed by atoms with Gasteiger partial charge in [0, 0.05) is 12.1 Å². The van der Waals surface area contributed by atoms with Gasteiger partial charge in [-0.15, -0.1) is 0 Å². The third kappa shape index (κ3) is 5.47. The Morgan fingerprint density at radius 2 is 1.73 bits per heavy atom. The molecular weight excluding hydrogens is 510 g/mol. The molecule has 2 aliphatic heterocycles. The van der Waals surface area contributed by atoms with Crippen molar-refractivity contribution in [3.63, 3.8) is 0 Å². The third-order valence-electron chi connectivity index (χ3n) is 7.01. The Hall–Kier alpha value is -4.46. The van der Waals surface area contributed by atoms with Crippen LogP contribution >= 0.6 is 0 Å². The number of likely N-dealkylation sites (tertiary alicyclic amines) is 1. The van der Waals surface area contributed by atoms with Crippen molar-refractivity contribution in [3.05, 3.63) is 89.0 Å². The van der Waals surface area contributed by atoms with E-state index in [2.05, 4.69) is 13.8 Å². The second-order valence-corrected chi connectivity index (χ2v) is 10.2. The van der Waals surface area contributed by atoms with E-state index in [0.717, 1.165) is 12.0 Å². The normalized spacial score (nSPS) is 17.8. The first-order valence-corrected chi connectivity index (χ1v) is 13.4. The molecule has 5 rings (SSSR count). The number of ketones is 1. The monoisotopic (exact) mass is 543 g/mol. The number of ether oxygens (including phenoxy) is 4. The van der Waals surface area contributed by atoms with Crippen LogP contribution in [0, 0.1) is 5.92 Å². The second-order valence-electron chi connectivity index (χ2n) is 10.2. The first kappa shape index (κ1) is 27.1. The Balaban J connectivity index is 1.59. The highest BCUT2D eigenvalue weighted by Crippen LogP contribution is 2.43. The highest BCUT2D eigenvalue weighted by molar-refractivity contribution is 6.46. The number of aliphatic hydroxyl groups is 1. The maximum absolute atomic E-state index is 13.5. The number of methoxy groups -OCH3 is 1. The van der Waals surface area contributed by atoms with Gasteiger partial charge in [-0.3, -0.25) is 9.59 Å². The van der Waals surface area contributed by atoms with Crippen LogP contribution in [-0.4, -0.2) is 48.6 Å². The molecular formula is C32H33NO7. The van der Waals surface area contributed by atoms with E-state index in [1.165, 1.54) is 4.90 Å². The van der Waals surface area contributed by atoms with Crippen molar-refractivity contribution in [3.8, 4) is 23.0 Å². The van der Waals surface area contributed by atoms with Crippen molar-refractivity contribution in [2.45, 2.75) is 32.9 Å². The maximum Gasteiger partial charge on any atom is 0.295 e. The molecule has 1 unspecified atom stereocenters. The minimum absolute atomic E-state index is 0.00635. The summed E-state index contributed by atoms with van der Waals surface area (Å²) in [6.45, 7) is 5.78.